The number of nitrogens with one attached hydrogen (secondary N) is 1. The van der Waals surface area contributed by atoms with Gasteiger partial charge in [-0.15, -0.1) is 0 Å². The van der Waals surface area contributed by atoms with Crippen LogP contribution in [0.1, 0.15) is 0 Å². The summed E-state index contributed by atoms with van der Waals surface area (Å²) < 4.78 is 20.4. The minimum absolute atomic E-state index is 0.0208. The van der Waals surface area contributed by atoms with E-state index in [2.05, 4.69) is 26.8 Å². The van der Waals surface area contributed by atoms with E-state index in [0.717, 1.165) is 0 Å². The summed E-state index contributed by atoms with van der Waals surface area (Å²) in [7, 11) is -3.33. The third-order valence-electron chi connectivity index (χ3n) is 0.230. The summed E-state index contributed by atoms with van der Waals surface area (Å²) in [5.74, 6) is 0. The first-order valence-corrected chi connectivity index (χ1v) is 4.76. The Bertz CT molecular complexity index is 184. The van der Waals surface area contributed by atoms with Crippen molar-refractivity contribution in [1.29, 1.82) is 0 Å². The van der Waals surface area contributed by atoms with Crippen molar-refractivity contribution in [3.8, 4) is 0 Å². The molecule has 0 saturated carbocycles. The van der Waals surface area contributed by atoms with Gasteiger partial charge in [0, 0.05) is 0 Å². The summed E-state index contributed by atoms with van der Waals surface area (Å²) in [6.07, 6.45) is 0. The molecule has 0 aliphatic carbocycles. The van der Waals surface area contributed by atoms with Gasteiger partial charge in [-0.1, -0.05) is 0 Å². The van der Waals surface area contributed by atoms with Crippen LogP contribution >= 0.6 is 0 Å². The molecule has 48 valence electrons. The molecule has 0 rings (SSSR count). The molecular weight excluding hydrogens is 215 g/mol. The molecule has 0 amide bonds. The second-order valence-corrected chi connectivity index (χ2v) is 4.37. The van der Waals surface area contributed by atoms with Gasteiger partial charge in [0.1, 0.15) is 0 Å². The Labute approximate surface area is 59.8 Å². The molecule has 4 N–H and O–H groups in total. The van der Waals surface area contributed by atoms with Crippen LogP contribution in [-0.2, 0) is 20.1 Å². The van der Waals surface area contributed by atoms with E-state index in [1.165, 1.54) is 0 Å². The van der Waals surface area contributed by atoms with E-state index in [-0.39, 0.29) is 4.67 Å². The van der Waals surface area contributed by atoms with Crippen molar-refractivity contribution >= 4 is 40.4 Å². The predicted octanol–water partition coefficient (Wildman–Crippen LogP) is -2.08. The Balaban J connectivity index is 3.95. The van der Waals surface area contributed by atoms with Gasteiger partial charge in [-0.3, -0.25) is 0 Å². The Hall–Kier alpha value is 0.319. The summed E-state index contributed by atoms with van der Waals surface area (Å²) in [5, 5.41) is 0. The zero-order valence-corrected chi connectivity index (χ0v) is 7.00. The maximum atomic E-state index is 10.1. The molecule has 0 spiro atoms. The van der Waals surface area contributed by atoms with E-state index < -0.39 is 8.96 Å². The first-order valence-electron chi connectivity index (χ1n) is 1.46. The summed E-state index contributed by atoms with van der Waals surface area (Å²) in [6.45, 7) is 0. The van der Waals surface area contributed by atoms with Crippen molar-refractivity contribution < 1.29 is 8.76 Å². The molecule has 8 heavy (non-hydrogen) atoms. The van der Waals surface area contributed by atoms with Crippen LogP contribution in [0.5, 0.6) is 0 Å². The van der Waals surface area contributed by atoms with Crippen LogP contribution in [0.15, 0.2) is 0 Å². The van der Waals surface area contributed by atoms with Crippen molar-refractivity contribution in [3.05, 3.63) is 0 Å². The number of rotatable bonds is 2. The first kappa shape index (κ1) is 8.32. The predicted molar refractivity (Wildman–Crippen MR) is 36.2 cm³/mol. The van der Waals surface area contributed by atoms with Crippen molar-refractivity contribution in [2.24, 2.45) is 5.73 Å². The van der Waals surface area contributed by atoms with Gasteiger partial charge in [0.25, 0.3) is 0 Å². The fraction of sp³-hybridized carbons (Fsp3) is 0. The summed E-state index contributed by atoms with van der Waals surface area (Å²) >= 11 is 6.29. The van der Waals surface area contributed by atoms with Gasteiger partial charge in [0.15, 0.2) is 0 Å². The molecule has 7 heteroatoms. The Kier molecular flexibility index (Phi) is 2.85. The van der Waals surface area contributed by atoms with Gasteiger partial charge < -0.3 is 0 Å². The Morgan fingerprint density at radius 2 is 2.38 bits per heavy atom. The average molecular weight is 219 g/mol. The zero-order valence-electron chi connectivity index (χ0n) is 3.66. The molecule has 0 radical (unpaired) electrons. The normalized spacial score (nSPS) is 16.6. The summed E-state index contributed by atoms with van der Waals surface area (Å²) in [6, 6.07) is 0. The molecule has 0 saturated heterocycles. The molecule has 0 heterocycles. The third kappa shape index (κ3) is 6.32. The molecule has 0 aromatic carbocycles. The quantitative estimate of drug-likeness (QED) is 0.466. The molecule has 0 aliphatic rings. The van der Waals surface area contributed by atoms with Crippen molar-refractivity contribution in [1.82, 2.24) is 4.72 Å². The van der Waals surface area contributed by atoms with E-state index in [0.29, 0.717) is 0 Å². The molecule has 0 aromatic rings. The monoisotopic (exact) mass is 220 g/mol. The van der Waals surface area contributed by atoms with E-state index in [4.69, 9.17) is 10.3 Å². The van der Waals surface area contributed by atoms with Crippen molar-refractivity contribution in [2.75, 3.05) is 0 Å². The molecule has 0 aliphatic heterocycles. The van der Waals surface area contributed by atoms with E-state index in [1.54, 1.807) is 0 Å². The van der Waals surface area contributed by atoms with Crippen LogP contribution in [0.2, 0.25) is 0 Å². The maximum absolute atomic E-state index is 10.1. The second-order valence-electron chi connectivity index (χ2n) is 0.941. The van der Waals surface area contributed by atoms with Crippen LogP contribution in [-0.4, -0.2) is 29.0 Å². The Morgan fingerprint density at radius 3 is 2.38 bits per heavy atom. The molecule has 0 aromatic heterocycles. The SMILES string of the molecule is NC(=[Se])NS(=O)(O)=S. The van der Waals surface area contributed by atoms with Crippen molar-refractivity contribution in [2.45, 2.75) is 0 Å². The summed E-state index contributed by atoms with van der Waals surface area (Å²) in [5.41, 5.74) is 4.92. The van der Waals surface area contributed by atoms with Gasteiger partial charge in [0.05, 0.1) is 0 Å². The molecule has 1 atom stereocenters. The standard InChI is InChI=1S/CH4N2O2S2Se/c2-1(8)3-7(4,5)6/h(H3,2,3,8)(H,4,5,6). The first-order chi connectivity index (χ1) is 3.42. The van der Waals surface area contributed by atoms with Gasteiger partial charge in [0.2, 0.25) is 0 Å². The number of hydrogen-bond donors (Lipinski definition) is 3. The second kappa shape index (κ2) is 2.74. The van der Waals surface area contributed by atoms with Crippen LogP contribution < -0.4 is 10.5 Å². The number of nitrogens with two attached hydrogens (primary N) is 1. The van der Waals surface area contributed by atoms with Gasteiger partial charge >= 0.3 is 59.6 Å². The zero-order chi connectivity index (χ0) is 6.78. The van der Waals surface area contributed by atoms with Gasteiger partial charge in [-0.05, 0) is 0 Å². The van der Waals surface area contributed by atoms with Crippen LogP contribution in [0.25, 0.3) is 0 Å². The van der Waals surface area contributed by atoms with Gasteiger partial charge in [-0.2, -0.15) is 0 Å². The fourth-order valence-electron chi connectivity index (χ4n) is 0.127. The molecular formula is CH4N2O2S2Se. The van der Waals surface area contributed by atoms with Crippen LogP contribution in [0.3, 0.4) is 0 Å². The fourth-order valence-corrected chi connectivity index (χ4v) is 1.72. The van der Waals surface area contributed by atoms with E-state index in [9.17, 15) is 4.21 Å². The Morgan fingerprint density at radius 1 is 2.00 bits per heavy atom. The van der Waals surface area contributed by atoms with E-state index in [1.807, 2.05) is 4.72 Å². The summed E-state index contributed by atoms with van der Waals surface area (Å²) in [4.78, 5) is 0. The van der Waals surface area contributed by atoms with Crippen LogP contribution in [0, 0.1) is 0 Å². The minimum atomic E-state index is -3.33. The van der Waals surface area contributed by atoms with Crippen molar-refractivity contribution in [3.63, 3.8) is 0 Å². The molecule has 4 nitrogen and oxygen atoms in total. The third-order valence-corrected chi connectivity index (χ3v) is 1.46. The van der Waals surface area contributed by atoms with E-state index >= 15 is 0 Å². The average Bonchev–Trinajstić information content (AvgIpc) is 1.21. The number of hydrogen-bond acceptors (Lipinski definition) is 3. The molecule has 0 fully saturated rings. The van der Waals surface area contributed by atoms with Gasteiger partial charge in [-0.25, -0.2) is 0 Å². The molecule has 1 unspecified atom stereocenters. The molecule has 0 bridgehead atoms. The van der Waals surface area contributed by atoms with Crippen LogP contribution in [0.4, 0.5) is 0 Å². The topological polar surface area (TPSA) is 75.3 Å².